The molecule has 4 amide bonds. The molecule has 3 N–H and O–H groups in total. The zero-order valence-corrected chi connectivity index (χ0v) is 16.2. The van der Waals surface area contributed by atoms with Crippen LogP contribution in [0, 0.1) is 5.92 Å². The van der Waals surface area contributed by atoms with E-state index in [0.29, 0.717) is 5.06 Å². The highest BCUT2D eigenvalue weighted by atomic mass is 32.3. The Morgan fingerprint density at radius 2 is 1.68 bits per heavy atom. The van der Waals surface area contributed by atoms with Gasteiger partial charge in [0.15, 0.2) is 0 Å². The van der Waals surface area contributed by atoms with E-state index in [9.17, 15) is 31.2 Å². The smallest absolute Gasteiger partial charge is 0.309 e. The highest BCUT2D eigenvalue weighted by molar-refractivity contribution is 7.91. The summed E-state index contributed by atoms with van der Waals surface area (Å²) in [6, 6.07) is -2.47. The van der Waals surface area contributed by atoms with Gasteiger partial charge in [0.25, 0.3) is 5.91 Å². The van der Waals surface area contributed by atoms with Crippen molar-refractivity contribution in [3.63, 3.8) is 0 Å². The lowest BCUT2D eigenvalue weighted by atomic mass is 10.0. The molecule has 3 rings (SSSR count). The second-order valence-corrected chi connectivity index (χ2v) is 10.2. The van der Waals surface area contributed by atoms with Gasteiger partial charge in [-0.3, -0.25) is 25.0 Å². The minimum atomic E-state index is -4.88. The Bertz CT molecular complexity index is 874. The number of sulfone groups is 1. The first-order valence-corrected chi connectivity index (χ1v) is 11.7. The van der Waals surface area contributed by atoms with Crippen LogP contribution in [-0.4, -0.2) is 79.3 Å². The van der Waals surface area contributed by atoms with E-state index in [-0.39, 0.29) is 43.7 Å². The van der Waals surface area contributed by atoms with Crippen LogP contribution in [0.25, 0.3) is 0 Å². The molecule has 3 saturated heterocycles. The number of fused-ring (bicyclic) bond motifs is 2. The third-order valence-electron chi connectivity index (χ3n) is 5.03. The number of carbonyl (C=O) groups excluding carboxylic acids is 3. The third kappa shape index (κ3) is 4.53. The number of nitrogens with one attached hydrogen (secondary N) is 2. The maximum absolute atomic E-state index is 12.4. The molecule has 28 heavy (non-hydrogen) atoms. The topological polar surface area (TPSA) is 179 Å². The van der Waals surface area contributed by atoms with Gasteiger partial charge in [0.05, 0.1) is 17.5 Å². The van der Waals surface area contributed by atoms with Gasteiger partial charge in [-0.25, -0.2) is 13.2 Å². The summed E-state index contributed by atoms with van der Waals surface area (Å²) in [5.74, 6) is -1.89. The van der Waals surface area contributed by atoms with Crippen LogP contribution in [0.5, 0.6) is 0 Å². The van der Waals surface area contributed by atoms with Crippen LogP contribution < -0.4 is 10.9 Å². The second-order valence-electron chi connectivity index (χ2n) is 6.91. The molecule has 0 aliphatic carbocycles. The van der Waals surface area contributed by atoms with E-state index in [1.54, 1.807) is 0 Å². The van der Waals surface area contributed by atoms with Crippen molar-refractivity contribution >= 4 is 38.1 Å². The van der Waals surface area contributed by atoms with E-state index < -0.39 is 56.1 Å². The number of hydrogen-bond acceptors (Lipinski definition) is 8. The number of nitrogens with zero attached hydrogens (tertiary/aromatic N) is 2. The zero-order chi connectivity index (χ0) is 20.7. The molecule has 3 aliphatic heterocycles. The Labute approximate surface area is 161 Å². The van der Waals surface area contributed by atoms with Crippen LogP contribution in [0.4, 0.5) is 4.79 Å². The van der Waals surface area contributed by atoms with Crippen molar-refractivity contribution in [1.82, 2.24) is 20.8 Å². The summed E-state index contributed by atoms with van der Waals surface area (Å²) in [5.41, 5.74) is 4.48. The van der Waals surface area contributed by atoms with Crippen molar-refractivity contribution < 1.29 is 40.1 Å². The molecule has 0 aromatic carbocycles. The molecular weight excluding hydrogens is 420 g/mol. The van der Waals surface area contributed by atoms with Gasteiger partial charge in [0.1, 0.15) is 15.9 Å². The van der Waals surface area contributed by atoms with E-state index in [2.05, 4.69) is 15.1 Å². The number of piperidine rings is 1. The SMILES string of the molecule is O=C(NNC(=O)[C@@H]1CCC2CN1C(=O)N2OS(=O)(=O)O)C1CCS(=O)(=O)CC1. The second kappa shape index (κ2) is 7.46. The number of hydrogen-bond donors (Lipinski definition) is 3. The van der Waals surface area contributed by atoms with Gasteiger partial charge in [-0.2, -0.15) is 13.5 Å². The van der Waals surface area contributed by atoms with Crippen LogP contribution in [0.15, 0.2) is 0 Å². The quantitative estimate of drug-likeness (QED) is 0.328. The summed E-state index contributed by atoms with van der Waals surface area (Å²) < 4.78 is 57.6. The van der Waals surface area contributed by atoms with E-state index in [1.807, 2.05) is 0 Å². The predicted octanol–water partition coefficient (Wildman–Crippen LogP) is -2.04. The molecule has 3 fully saturated rings. The van der Waals surface area contributed by atoms with Crippen molar-refractivity contribution in [3.05, 3.63) is 0 Å². The standard InChI is InChI=1S/C13H20N4O9S2/c18-11(8-3-5-27(21,22)6-4-8)14-15-12(19)10-2-1-9-7-16(10)13(20)17(9)26-28(23,24)25/h8-10H,1-7H2,(H,14,18)(H,15,19)(H,23,24,25)/t9?,10-/m0/s1. The number of amides is 4. The molecule has 0 saturated carbocycles. The van der Waals surface area contributed by atoms with E-state index in [4.69, 9.17) is 4.55 Å². The van der Waals surface area contributed by atoms with Gasteiger partial charge in [0.2, 0.25) is 5.91 Å². The first-order valence-electron chi connectivity index (χ1n) is 8.54. The number of urea groups is 1. The highest BCUT2D eigenvalue weighted by Gasteiger charge is 2.49. The van der Waals surface area contributed by atoms with Crippen LogP contribution in [-0.2, 0) is 34.1 Å². The van der Waals surface area contributed by atoms with Crippen molar-refractivity contribution in [2.24, 2.45) is 5.92 Å². The molecule has 3 aliphatic rings. The molecule has 158 valence electrons. The van der Waals surface area contributed by atoms with Gasteiger partial charge < -0.3 is 4.90 Å². The maximum Gasteiger partial charge on any atom is 0.418 e. The van der Waals surface area contributed by atoms with Gasteiger partial charge in [-0.05, 0) is 25.7 Å². The normalized spacial score (nSPS) is 27.5. The van der Waals surface area contributed by atoms with Crippen molar-refractivity contribution in [2.45, 2.75) is 37.8 Å². The van der Waals surface area contributed by atoms with Crippen LogP contribution >= 0.6 is 0 Å². The number of carbonyl (C=O) groups is 3. The van der Waals surface area contributed by atoms with Crippen molar-refractivity contribution in [1.29, 1.82) is 0 Å². The molecule has 3 heterocycles. The van der Waals surface area contributed by atoms with Crippen LogP contribution in [0.1, 0.15) is 25.7 Å². The largest absolute Gasteiger partial charge is 0.418 e. The highest BCUT2D eigenvalue weighted by Crippen LogP contribution is 2.30. The van der Waals surface area contributed by atoms with Crippen LogP contribution in [0.3, 0.4) is 0 Å². The fourth-order valence-electron chi connectivity index (χ4n) is 3.56. The Kier molecular flexibility index (Phi) is 5.53. The minimum Gasteiger partial charge on any atom is -0.309 e. The van der Waals surface area contributed by atoms with Crippen molar-refractivity contribution in [2.75, 3.05) is 18.1 Å². The molecule has 2 bridgehead atoms. The molecule has 13 nitrogen and oxygen atoms in total. The summed E-state index contributed by atoms with van der Waals surface area (Å²) in [5, 5.41) is 0.518. The third-order valence-corrected chi connectivity index (χ3v) is 7.10. The summed E-state index contributed by atoms with van der Waals surface area (Å²) in [6.07, 6.45) is 0.790. The Morgan fingerprint density at radius 1 is 1.07 bits per heavy atom. The number of hydroxylamine groups is 2. The van der Waals surface area contributed by atoms with Crippen molar-refractivity contribution in [3.8, 4) is 0 Å². The van der Waals surface area contributed by atoms with Gasteiger partial charge in [-0.15, -0.1) is 4.28 Å². The average molecular weight is 440 g/mol. The van der Waals surface area contributed by atoms with E-state index in [0.717, 1.165) is 4.90 Å². The van der Waals surface area contributed by atoms with Gasteiger partial charge >= 0.3 is 16.4 Å². The fraction of sp³-hybridized carbons (Fsp3) is 0.769. The first kappa shape index (κ1) is 20.8. The zero-order valence-electron chi connectivity index (χ0n) is 14.6. The maximum atomic E-state index is 12.4. The Morgan fingerprint density at radius 3 is 2.29 bits per heavy atom. The van der Waals surface area contributed by atoms with Crippen LogP contribution in [0.2, 0.25) is 0 Å². The molecule has 0 spiro atoms. The summed E-state index contributed by atoms with van der Waals surface area (Å²) in [4.78, 5) is 37.8. The summed E-state index contributed by atoms with van der Waals surface area (Å²) in [6.45, 7) is 0.0286. The summed E-state index contributed by atoms with van der Waals surface area (Å²) >= 11 is 0. The number of hydrazine groups is 1. The Hall–Kier alpha value is -1.97. The van der Waals surface area contributed by atoms with E-state index in [1.165, 1.54) is 0 Å². The Balaban J connectivity index is 1.54. The molecule has 2 atom stereocenters. The molecule has 0 aromatic rings. The lowest BCUT2D eigenvalue weighted by Crippen LogP contribution is -2.55. The monoisotopic (exact) mass is 440 g/mol. The molecule has 15 heteroatoms. The lowest BCUT2D eigenvalue weighted by molar-refractivity contribution is -0.133. The summed E-state index contributed by atoms with van der Waals surface area (Å²) in [7, 11) is -8.00. The fourth-order valence-corrected chi connectivity index (χ4v) is 5.44. The molecule has 0 aromatic heterocycles. The number of rotatable bonds is 4. The predicted molar refractivity (Wildman–Crippen MR) is 91.0 cm³/mol. The molecular formula is C13H20N4O9S2. The average Bonchev–Trinajstić information content (AvgIpc) is 2.83. The lowest BCUT2D eigenvalue weighted by Gasteiger charge is -2.29. The van der Waals surface area contributed by atoms with Gasteiger partial charge in [0, 0.05) is 12.5 Å². The molecule has 1 unspecified atom stereocenters. The minimum absolute atomic E-state index is 0.0286. The first-order chi connectivity index (χ1) is 13.0. The van der Waals surface area contributed by atoms with Gasteiger partial charge in [-0.1, -0.05) is 0 Å². The van der Waals surface area contributed by atoms with E-state index >= 15 is 0 Å². The molecule has 0 radical (unpaired) electrons.